The predicted molar refractivity (Wildman–Crippen MR) is 108 cm³/mol. The van der Waals surface area contributed by atoms with Gasteiger partial charge in [-0.2, -0.15) is 0 Å². The zero-order valence-corrected chi connectivity index (χ0v) is 16.2. The number of ether oxygens (including phenoxy) is 4. The van der Waals surface area contributed by atoms with Crippen LogP contribution in [0.25, 0.3) is 12.2 Å². The van der Waals surface area contributed by atoms with Crippen LogP contribution >= 0.6 is 0 Å². The Morgan fingerprint density at radius 2 is 1.97 bits per heavy atom. The molecule has 0 fully saturated rings. The molecule has 2 aromatic carbocycles. The molecule has 29 heavy (non-hydrogen) atoms. The monoisotopic (exact) mass is 393 g/mol. The summed E-state index contributed by atoms with van der Waals surface area (Å²) in [7, 11) is 1.43. The van der Waals surface area contributed by atoms with Crippen molar-refractivity contribution in [3.8, 4) is 23.0 Å². The molecule has 0 aliphatic carbocycles. The van der Waals surface area contributed by atoms with Gasteiger partial charge in [-0.3, -0.25) is 4.79 Å². The molecular formula is C22H19NO6. The van der Waals surface area contributed by atoms with E-state index >= 15 is 0 Å². The number of ketones is 1. The van der Waals surface area contributed by atoms with E-state index in [-0.39, 0.29) is 23.8 Å². The number of rotatable bonds is 5. The standard InChI is InChI=1S/C22H19NO6/c1-22(2)9-8-14-17(29-22)11-19(26-3)20(21(14)23-25)15(24)6-4-13-5-7-16-18(10-13)28-12-27-16/h4-11H,12H2,1-3H3. The molecule has 148 valence electrons. The van der Waals surface area contributed by atoms with E-state index in [2.05, 4.69) is 5.18 Å². The van der Waals surface area contributed by atoms with Crippen LogP contribution in [0.5, 0.6) is 23.0 Å². The van der Waals surface area contributed by atoms with E-state index in [1.165, 1.54) is 13.2 Å². The first-order valence-electron chi connectivity index (χ1n) is 9.00. The molecule has 7 nitrogen and oxygen atoms in total. The van der Waals surface area contributed by atoms with Crippen LogP contribution in [0.2, 0.25) is 0 Å². The topological polar surface area (TPSA) is 83.4 Å². The number of hydrogen-bond donors (Lipinski definition) is 0. The van der Waals surface area contributed by atoms with Gasteiger partial charge in [0.25, 0.3) is 0 Å². The molecule has 2 heterocycles. The predicted octanol–water partition coefficient (Wildman–Crippen LogP) is 4.90. The van der Waals surface area contributed by atoms with Crippen LogP contribution in [0, 0.1) is 4.91 Å². The number of carbonyl (C=O) groups is 1. The van der Waals surface area contributed by atoms with Gasteiger partial charge in [0.15, 0.2) is 17.3 Å². The lowest BCUT2D eigenvalue weighted by Gasteiger charge is -2.29. The first kappa shape index (κ1) is 18.7. The number of nitrogens with zero attached hydrogens (tertiary/aromatic N) is 1. The number of benzene rings is 2. The highest BCUT2D eigenvalue weighted by molar-refractivity contribution is 6.13. The summed E-state index contributed by atoms with van der Waals surface area (Å²) >= 11 is 0. The molecule has 0 atom stereocenters. The van der Waals surface area contributed by atoms with Gasteiger partial charge in [0, 0.05) is 11.6 Å². The van der Waals surface area contributed by atoms with Gasteiger partial charge in [-0.25, -0.2) is 0 Å². The first-order chi connectivity index (χ1) is 13.9. The fourth-order valence-electron chi connectivity index (χ4n) is 3.25. The lowest BCUT2D eigenvalue weighted by atomic mass is 9.96. The van der Waals surface area contributed by atoms with Crippen molar-refractivity contribution in [3.05, 3.63) is 58.0 Å². The molecule has 0 amide bonds. The molecule has 0 spiro atoms. The number of carbonyl (C=O) groups excluding carboxylic acids is 1. The lowest BCUT2D eigenvalue weighted by molar-refractivity contribution is 0.104. The summed E-state index contributed by atoms with van der Waals surface area (Å²) in [5.74, 6) is 1.54. The number of allylic oxidation sites excluding steroid dienone is 1. The molecule has 2 aliphatic heterocycles. The quantitative estimate of drug-likeness (QED) is 0.408. The zero-order valence-electron chi connectivity index (χ0n) is 16.2. The van der Waals surface area contributed by atoms with Crippen LogP contribution in [0.3, 0.4) is 0 Å². The molecule has 0 saturated carbocycles. The summed E-state index contributed by atoms with van der Waals surface area (Å²) in [4.78, 5) is 24.6. The summed E-state index contributed by atoms with van der Waals surface area (Å²) in [6, 6.07) is 6.96. The van der Waals surface area contributed by atoms with Crippen molar-refractivity contribution in [1.82, 2.24) is 0 Å². The van der Waals surface area contributed by atoms with Crippen LogP contribution < -0.4 is 18.9 Å². The average Bonchev–Trinajstić information content (AvgIpc) is 3.17. The van der Waals surface area contributed by atoms with E-state index in [4.69, 9.17) is 18.9 Å². The van der Waals surface area contributed by atoms with E-state index in [0.717, 1.165) is 5.56 Å². The van der Waals surface area contributed by atoms with Crippen LogP contribution in [-0.4, -0.2) is 25.3 Å². The normalized spacial score (nSPS) is 15.7. The van der Waals surface area contributed by atoms with Crippen LogP contribution in [-0.2, 0) is 0 Å². The minimum absolute atomic E-state index is 0.00793. The number of nitroso groups, excluding NO2 is 1. The van der Waals surface area contributed by atoms with Gasteiger partial charge in [-0.1, -0.05) is 12.1 Å². The molecule has 4 rings (SSSR count). The van der Waals surface area contributed by atoms with Gasteiger partial charge < -0.3 is 18.9 Å². The molecule has 0 aromatic heterocycles. The highest BCUT2D eigenvalue weighted by atomic mass is 16.7. The number of fused-ring (bicyclic) bond motifs is 2. The van der Waals surface area contributed by atoms with E-state index in [1.54, 1.807) is 36.4 Å². The Morgan fingerprint density at radius 3 is 2.72 bits per heavy atom. The summed E-state index contributed by atoms with van der Waals surface area (Å²) in [5, 5.41) is 3.11. The summed E-state index contributed by atoms with van der Waals surface area (Å²) in [5.41, 5.74) is 0.755. The zero-order chi connectivity index (χ0) is 20.6. The maximum Gasteiger partial charge on any atom is 0.231 e. The van der Waals surface area contributed by atoms with Crippen LogP contribution in [0.15, 0.2) is 41.6 Å². The molecule has 0 saturated heterocycles. The van der Waals surface area contributed by atoms with Gasteiger partial charge in [0.2, 0.25) is 6.79 Å². The third-order valence-electron chi connectivity index (χ3n) is 4.67. The van der Waals surface area contributed by atoms with Gasteiger partial charge >= 0.3 is 0 Å². The second-order valence-electron chi connectivity index (χ2n) is 7.15. The van der Waals surface area contributed by atoms with Crippen molar-refractivity contribution < 1.29 is 23.7 Å². The minimum Gasteiger partial charge on any atom is -0.496 e. The second-order valence-corrected chi connectivity index (χ2v) is 7.15. The largest absolute Gasteiger partial charge is 0.496 e. The molecule has 0 N–H and O–H groups in total. The fraction of sp³-hybridized carbons (Fsp3) is 0.227. The highest BCUT2D eigenvalue weighted by Crippen LogP contribution is 2.44. The Balaban J connectivity index is 1.72. The van der Waals surface area contributed by atoms with E-state index < -0.39 is 11.4 Å². The smallest absolute Gasteiger partial charge is 0.231 e. The molecule has 7 heteroatoms. The van der Waals surface area contributed by atoms with Crippen molar-refractivity contribution in [1.29, 1.82) is 0 Å². The van der Waals surface area contributed by atoms with Crippen LogP contribution in [0.4, 0.5) is 5.69 Å². The highest BCUT2D eigenvalue weighted by Gasteiger charge is 2.29. The van der Waals surface area contributed by atoms with Crippen molar-refractivity contribution in [2.24, 2.45) is 5.18 Å². The third-order valence-corrected chi connectivity index (χ3v) is 4.67. The Bertz CT molecular complexity index is 1070. The average molecular weight is 393 g/mol. The molecule has 2 aromatic rings. The van der Waals surface area contributed by atoms with Crippen molar-refractivity contribution in [2.45, 2.75) is 19.4 Å². The lowest BCUT2D eigenvalue weighted by Crippen LogP contribution is -2.27. The number of hydrogen-bond acceptors (Lipinski definition) is 7. The SMILES string of the molecule is COc1cc2c(c(N=O)c1C(=O)C=Cc1ccc3c(c1)OCO3)C=CC(C)(C)O2. The van der Waals surface area contributed by atoms with E-state index in [1.807, 2.05) is 19.9 Å². The van der Waals surface area contributed by atoms with E-state index in [9.17, 15) is 9.70 Å². The fourth-order valence-corrected chi connectivity index (χ4v) is 3.25. The van der Waals surface area contributed by atoms with E-state index in [0.29, 0.717) is 22.8 Å². The van der Waals surface area contributed by atoms with Crippen LogP contribution in [0.1, 0.15) is 35.3 Å². The van der Waals surface area contributed by atoms with Gasteiger partial charge in [-0.15, -0.1) is 4.91 Å². The minimum atomic E-state index is -0.539. The van der Waals surface area contributed by atoms with Gasteiger partial charge in [0.05, 0.1) is 12.7 Å². The molecule has 2 aliphatic rings. The first-order valence-corrected chi connectivity index (χ1v) is 9.00. The summed E-state index contributed by atoms with van der Waals surface area (Å²) < 4.78 is 21.9. The summed E-state index contributed by atoms with van der Waals surface area (Å²) in [6.07, 6.45) is 6.56. The Labute approximate surface area is 167 Å². The maximum absolute atomic E-state index is 12.9. The second kappa shape index (κ2) is 7.09. The van der Waals surface area contributed by atoms with Crippen molar-refractivity contribution >= 4 is 23.6 Å². The Morgan fingerprint density at radius 1 is 1.17 bits per heavy atom. The van der Waals surface area contributed by atoms with Crippen molar-refractivity contribution in [2.75, 3.05) is 13.9 Å². The molecule has 0 radical (unpaired) electrons. The third kappa shape index (κ3) is 3.47. The molecule has 0 unspecified atom stereocenters. The summed E-state index contributed by atoms with van der Waals surface area (Å²) in [6.45, 7) is 3.95. The molecular weight excluding hydrogens is 374 g/mol. The number of methoxy groups -OCH3 is 1. The van der Waals surface area contributed by atoms with Crippen molar-refractivity contribution in [3.63, 3.8) is 0 Å². The molecule has 0 bridgehead atoms. The van der Waals surface area contributed by atoms with Gasteiger partial charge in [-0.05, 0) is 54.9 Å². The van der Waals surface area contributed by atoms with Gasteiger partial charge in [0.1, 0.15) is 22.8 Å². The Hall–Kier alpha value is -3.61. The maximum atomic E-state index is 12.9. The Kier molecular flexibility index (Phi) is 4.58.